The molecule has 0 aliphatic heterocycles. The molecule has 5 nitrogen and oxygen atoms in total. The van der Waals surface area contributed by atoms with Gasteiger partial charge in [-0.05, 0) is 53.7 Å². The Hall–Kier alpha value is -1.27. The zero-order valence-corrected chi connectivity index (χ0v) is 12.9. The quantitative estimate of drug-likeness (QED) is 0.321. The summed E-state index contributed by atoms with van der Waals surface area (Å²) in [6.07, 6.45) is 4.23. The number of rotatable bonds is 6. The Labute approximate surface area is 127 Å². The molecule has 2 rings (SSSR count). The van der Waals surface area contributed by atoms with Crippen LogP contribution in [0.2, 0.25) is 0 Å². The van der Waals surface area contributed by atoms with Gasteiger partial charge in [0.05, 0.1) is 5.56 Å². The Bertz CT molecular complexity index is 489. The number of nitrogens with two attached hydrogens (primary N) is 1. The third kappa shape index (κ3) is 3.07. The van der Waals surface area contributed by atoms with Gasteiger partial charge in [0.2, 0.25) is 0 Å². The number of halogens is 1. The molecule has 0 aromatic heterocycles. The van der Waals surface area contributed by atoms with Gasteiger partial charge in [0.25, 0.3) is 0 Å². The minimum absolute atomic E-state index is 0.0980. The fraction of sp³-hybridized carbons (Fsp3) is 0.500. The molecule has 4 N–H and O–H groups in total. The summed E-state index contributed by atoms with van der Waals surface area (Å²) in [4.78, 5) is 2.26. The molecule has 1 aliphatic carbocycles. The molecule has 0 unspecified atom stereocenters. The van der Waals surface area contributed by atoms with Gasteiger partial charge < -0.3 is 20.9 Å². The van der Waals surface area contributed by atoms with Crippen molar-refractivity contribution in [1.82, 2.24) is 0 Å². The van der Waals surface area contributed by atoms with Crippen LogP contribution in [0.15, 0.2) is 27.8 Å². The fourth-order valence-corrected chi connectivity index (χ4v) is 3.05. The van der Waals surface area contributed by atoms with Crippen LogP contribution in [-0.4, -0.2) is 35.3 Å². The Morgan fingerprint density at radius 3 is 2.75 bits per heavy atom. The zero-order valence-electron chi connectivity index (χ0n) is 11.3. The third-order valence-corrected chi connectivity index (χ3v) is 4.40. The van der Waals surface area contributed by atoms with Crippen molar-refractivity contribution in [3.05, 3.63) is 28.2 Å². The van der Waals surface area contributed by atoms with Crippen molar-refractivity contribution in [1.29, 1.82) is 0 Å². The van der Waals surface area contributed by atoms with E-state index in [1.54, 1.807) is 0 Å². The normalized spacial score (nSPS) is 16.0. The Balaban J connectivity index is 2.38. The van der Waals surface area contributed by atoms with Gasteiger partial charge in [-0.3, -0.25) is 0 Å². The summed E-state index contributed by atoms with van der Waals surface area (Å²) < 4.78 is 0.804. The highest BCUT2D eigenvalue weighted by Crippen LogP contribution is 2.34. The van der Waals surface area contributed by atoms with Crippen molar-refractivity contribution in [3.8, 4) is 0 Å². The standard InChI is InChI=1S/C14H20BrN3O2/c15-11-6-2-7-12(13(11)14(16)17-20)18(8-3-9-19)10-4-1-5-10/h2,6-7,10,19-20H,1,3-5,8-9H2,(H2,16,17). The second-order valence-electron chi connectivity index (χ2n) is 4.97. The topological polar surface area (TPSA) is 82.1 Å². The first-order valence-electron chi connectivity index (χ1n) is 6.83. The van der Waals surface area contributed by atoms with E-state index in [1.807, 2.05) is 18.2 Å². The lowest BCUT2D eigenvalue weighted by molar-refractivity contribution is 0.283. The van der Waals surface area contributed by atoms with Gasteiger partial charge in [0.1, 0.15) is 0 Å². The van der Waals surface area contributed by atoms with Crippen LogP contribution in [0.3, 0.4) is 0 Å². The van der Waals surface area contributed by atoms with Gasteiger partial charge in [-0.15, -0.1) is 0 Å². The Morgan fingerprint density at radius 1 is 1.45 bits per heavy atom. The first kappa shape index (κ1) is 15.1. The summed E-state index contributed by atoms with van der Waals surface area (Å²) in [6, 6.07) is 6.27. The van der Waals surface area contributed by atoms with Gasteiger partial charge in [-0.2, -0.15) is 0 Å². The predicted octanol–water partition coefficient (Wildman–Crippen LogP) is 2.28. The van der Waals surface area contributed by atoms with E-state index in [9.17, 15) is 0 Å². The van der Waals surface area contributed by atoms with Crippen LogP contribution in [0.4, 0.5) is 5.69 Å². The van der Waals surface area contributed by atoms with Crippen LogP contribution in [0.5, 0.6) is 0 Å². The van der Waals surface area contributed by atoms with E-state index in [1.165, 1.54) is 6.42 Å². The van der Waals surface area contributed by atoms with Gasteiger partial charge in [0, 0.05) is 29.4 Å². The van der Waals surface area contributed by atoms with Gasteiger partial charge in [0.15, 0.2) is 5.84 Å². The number of benzene rings is 1. The highest BCUT2D eigenvalue weighted by molar-refractivity contribution is 9.10. The van der Waals surface area contributed by atoms with Gasteiger partial charge in [-0.25, -0.2) is 0 Å². The average Bonchev–Trinajstić information content (AvgIpc) is 2.40. The van der Waals surface area contributed by atoms with Crippen LogP contribution in [0, 0.1) is 0 Å². The van der Waals surface area contributed by atoms with E-state index in [-0.39, 0.29) is 12.4 Å². The summed E-state index contributed by atoms with van der Waals surface area (Å²) in [6.45, 7) is 0.930. The molecule has 1 fully saturated rings. The maximum absolute atomic E-state index is 9.09. The predicted molar refractivity (Wildman–Crippen MR) is 83.3 cm³/mol. The second-order valence-corrected chi connectivity index (χ2v) is 5.83. The van der Waals surface area contributed by atoms with Gasteiger partial charge in [-0.1, -0.05) is 11.2 Å². The van der Waals surface area contributed by atoms with Crippen LogP contribution >= 0.6 is 15.9 Å². The molecule has 1 saturated carbocycles. The van der Waals surface area contributed by atoms with Crippen molar-refractivity contribution in [2.45, 2.75) is 31.7 Å². The van der Waals surface area contributed by atoms with E-state index >= 15 is 0 Å². The van der Waals surface area contributed by atoms with Crippen LogP contribution in [-0.2, 0) is 0 Å². The highest BCUT2D eigenvalue weighted by atomic mass is 79.9. The van der Waals surface area contributed by atoms with E-state index in [4.69, 9.17) is 16.0 Å². The summed E-state index contributed by atoms with van der Waals surface area (Å²) in [5.41, 5.74) is 7.48. The maximum Gasteiger partial charge on any atom is 0.173 e. The SMILES string of the molecule is N/C(=N/O)c1c(Br)cccc1N(CCCO)C1CCC1. The number of anilines is 1. The van der Waals surface area contributed by atoms with Crippen molar-refractivity contribution < 1.29 is 10.3 Å². The summed E-state index contributed by atoms with van der Waals surface area (Å²) in [5.74, 6) is 0.0980. The molecule has 0 amide bonds. The second kappa shape index (κ2) is 6.95. The lowest BCUT2D eigenvalue weighted by Gasteiger charge is -2.40. The Kier molecular flexibility index (Phi) is 5.25. The molecule has 0 atom stereocenters. The first-order chi connectivity index (χ1) is 9.69. The minimum Gasteiger partial charge on any atom is -0.409 e. The lowest BCUT2D eigenvalue weighted by atomic mass is 9.90. The smallest absolute Gasteiger partial charge is 0.173 e. The highest BCUT2D eigenvalue weighted by Gasteiger charge is 2.27. The number of amidine groups is 1. The van der Waals surface area contributed by atoms with E-state index in [2.05, 4.69) is 26.0 Å². The monoisotopic (exact) mass is 341 g/mol. The van der Waals surface area contributed by atoms with Crippen molar-refractivity contribution in [2.24, 2.45) is 10.9 Å². The minimum atomic E-state index is 0.0980. The molecular weight excluding hydrogens is 322 g/mol. The molecule has 1 aromatic carbocycles. The van der Waals surface area contributed by atoms with E-state index < -0.39 is 0 Å². The molecule has 0 radical (unpaired) electrons. The van der Waals surface area contributed by atoms with Crippen LogP contribution in [0.1, 0.15) is 31.2 Å². The number of hydrogen-bond donors (Lipinski definition) is 3. The maximum atomic E-state index is 9.09. The van der Waals surface area contributed by atoms with Crippen LogP contribution in [0.25, 0.3) is 0 Å². The van der Waals surface area contributed by atoms with E-state index in [0.29, 0.717) is 18.0 Å². The van der Waals surface area contributed by atoms with Crippen LogP contribution < -0.4 is 10.6 Å². The molecule has 110 valence electrons. The third-order valence-electron chi connectivity index (χ3n) is 3.74. The molecule has 0 bridgehead atoms. The van der Waals surface area contributed by atoms with E-state index in [0.717, 1.165) is 29.5 Å². The largest absolute Gasteiger partial charge is 0.409 e. The fourth-order valence-electron chi connectivity index (χ4n) is 2.49. The molecule has 0 saturated heterocycles. The molecule has 0 spiro atoms. The molecule has 6 heteroatoms. The molecule has 0 heterocycles. The molecule has 1 aromatic rings. The first-order valence-corrected chi connectivity index (χ1v) is 7.62. The molecule has 1 aliphatic rings. The summed E-state index contributed by atoms with van der Waals surface area (Å²) in [7, 11) is 0. The van der Waals surface area contributed by atoms with Crippen molar-refractivity contribution in [2.75, 3.05) is 18.1 Å². The lowest BCUT2D eigenvalue weighted by Crippen LogP contribution is -2.42. The number of oxime groups is 1. The zero-order chi connectivity index (χ0) is 14.5. The summed E-state index contributed by atoms with van der Waals surface area (Å²) >= 11 is 3.47. The number of aliphatic hydroxyl groups is 1. The van der Waals surface area contributed by atoms with Crippen molar-refractivity contribution in [3.63, 3.8) is 0 Å². The van der Waals surface area contributed by atoms with Gasteiger partial charge >= 0.3 is 0 Å². The molecular formula is C14H20BrN3O2. The number of nitrogens with zero attached hydrogens (tertiary/aromatic N) is 2. The number of hydrogen-bond acceptors (Lipinski definition) is 4. The molecule has 20 heavy (non-hydrogen) atoms. The summed E-state index contributed by atoms with van der Waals surface area (Å²) in [5, 5.41) is 21.2. The van der Waals surface area contributed by atoms with Crippen molar-refractivity contribution >= 4 is 27.5 Å². The Morgan fingerprint density at radius 2 is 2.20 bits per heavy atom. The number of aliphatic hydroxyl groups excluding tert-OH is 1. The average molecular weight is 342 g/mol.